The van der Waals surface area contributed by atoms with Crippen molar-refractivity contribution in [1.82, 2.24) is 5.32 Å². The third-order valence-corrected chi connectivity index (χ3v) is 1.74. The molecule has 0 radical (unpaired) electrons. The minimum atomic E-state index is 0.117. The van der Waals surface area contributed by atoms with Crippen molar-refractivity contribution in [3.63, 3.8) is 0 Å². The van der Waals surface area contributed by atoms with Crippen LogP contribution in [0.15, 0.2) is 24.3 Å². The molecule has 0 aliphatic heterocycles. The van der Waals surface area contributed by atoms with E-state index in [9.17, 15) is 4.79 Å². The Morgan fingerprint density at radius 2 is 1.33 bits per heavy atom. The first kappa shape index (κ1) is 22.1. The van der Waals surface area contributed by atoms with Crippen LogP contribution in [0.4, 0.5) is 0 Å². The van der Waals surface area contributed by atoms with Gasteiger partial charge >= 0.3 is 0 Å². The predicted molar refractivity (Wildman–Crippen MR) is 83.3 cm³/mol. The second-order valence-corrected chi connectivity index (χ2v) is 2.78. The van der Waals surface area contributed by atoms with E-state index in [1.54, 1.807) is 6.92 Å². The van der Waals surface area contributed by atoms with Crippen LogP contribution in [-0.4, -0.2) is 12.8 Å². The Bertz CT molecular complexity index is 265. The van der Waals surface area contributed by atoms with Gasteiger partial charge in [-0.2, -0.15) is 0 Å². The van der Waals surface area contributed by atoms with E-state index in [4.69, 9.17) is 0 Å². The SMILES string of the molecule is CC.CC.CC.CNCc1ccc(C(C)=O)cc1. The number of hydrogen-bond acceptors (Lipinski definition) is 2. The van der Waals surface area contributed by atoms with Crippen LogP contribution in [0.2, 0.25) is 0 Å². The molecule has 0 amide bonds. The van der Waals surface area contributed by atoms with Crippen LogP contribution in [0.1, 0.15) is 64.4 Å². The van der Waals surface area contributed by atoms with Crippen molar-refractivity contribution in [2.45, 2.75) is 55.0 Å². The highest BCUT2D eigenvalue weighted by Gasteiger charge is 1.97. The van der Waals surface area contributed by atoms with Crippen LogP contribution >= 0.6 is 0 Å². The Labute approximate surface area is 114 Å². The Morgan fingerprint density at radius 3 is 1.61 bits per heavy atom. The zero-order valence-electron chi connectivity index (χ0n) is 13.4. The third kappa shape index (κ3) is 11.3. The van der Waals surface area contributed by atoms with Gasteiger partial charge in [0.2, 0.25) is 0 Å². The molecule has 106 valence electrons. The molecular formula is C16H31NO. The number of hydrogen-bond donors (Lipinski definition) is 1. The first-order valence-electron chi connectivity index (χ1n) is 6.98. The maximum absolute atomic E-state index is 10.9. The van der Waals surface area contributed by atoms with Gasteiger partial charge < -0.3 is 5.32 Å². The summed E-state index contributed by atoms with van der Waals surface area (Å²) in [6.07, 6.45) is 0. The summed E-state index contributed by atoms with van der Waals surface area (Å²) in [6, 6.07) is 7.64. The molecule has 1 aromatic carbocycles. The van der Waals surface area contributed by atoms with Gasteiger partial charge in [-0.05, 0) is 19.5 Å². The Morgan fingerprint density at radius 1 is 0.944 bits per heavy atom. The maximum Gasteiger partial charge on any atom is 0.159 e. The number of carbonyl (C=O) groups is 1. The van der Waals surface area contributed by atoms with Crippen molar-refractivity contribution in [1.29, 1.82) is 0 Å². The molecule has 0 saturated heterocycles. The molecule has 0 saturated carbocycles. The second-order valence-electron chi connectivity index (χ2n) is 2.78. The molecule has 0 aromatic heterocycles. The van der Waals surface area contributed by atoms with Gasteiger partial charge in [0.1, 0.15) is 0 Å². The van der Waals surface area contributed by atoms with Gasteiger partial charge in [0.15, 0.2) is 5.78 Å². The normalized spacial score (nSPS) is 7.56. The summed E-state index contributed by atoms with van der Waals surface area (Å²) in [5, 5.41) is 3.05. The summed E-state index contributed by atoms with van der Waals surface area (Å²) >= 11 is 0. The van der Waals surface area contributed by atoms with Crippen molar-refractivity contribution < 1.29 is 4.79 Å². The molecule has 1 N–H and O–H groups in total. The van der Waals surface area contributed by atoms with E-state index in [1.807, 2.05) is 72.9 Å². The van der Waals surface area contributed by atoms with Crippen LogP contribution in [0.5, 0.6) is 0 Å². The average molecular weight is 253 g/mol. The Hall–Kier alpha value is -1.15. The van der Waals surface area contributed by atoms with Crippen molar-refractivity contribution in [3.8, 4) is 0 Å². The molecule has 1 rings (SSSR count). The molecule has 0 spiro atoms. The molecule has 0 bridgehead atoms. The van der Waals surface area contributed by atoms with Crippen LogP contribution in [0.25, 0.3) is 0 Å². The minimum absolute atomic E-state index is 0.117. The quantitative estimate of drug-likeness (QED) is 0.792. The molecule has 18 heavy (non-hydrogen) atoms. The molecule has 2 heteroatoms. The van der Waals surface area contributed by atoms with E-state index in [-0.39, 0.29) is 5.78 Å². The van der Waals surface area contributed by atoms with Gasteiger partial charge in [-0.15, -0.1) is 0 Å². The highest BCUT2D eigenvalue weighted by atomic mass is 16.1. The van der Waals surface area contributed by atoms with Crippen LogP contribution in [-0.2, 0) is 6.54 Å². The van der Waals surface area contributed by atoms with Crippen molar-refractivity contribution in [2.24, 2.45) is 0 Å². The van der Waals surface area contributed by atoms with E-state index in [1.165, 1.54) is 5.56 Å². The number of benzene rings is 1. The number of carbonyl (C=O) groups excluding carboxylic acids is 1. The number of rotatable bonds is 3. The molecule has 2 nitrogen and oxygen atoms in total. The topological polar surface area (TPSA) is 29.1 Å². The minimum Gasteiger partial charge on any atom is -0.316 e. The summed E-state index contributed by atoms with van der Waals surface area (Å²) in [5.41, 5.74) is 1.97. The molecule has 0 heterocycles. The van der Waals surface area contributed by atoms with Crippen molar-refractivity contribution >= 4 is 5.78 Å². The van der Waals surface area contributed by atoms with Gasteiger partial charge in [-0.25, -0.2) is 0 Å². The largest absolute Gasteiger partial charge is 0.316 e. The van der Waals surface area contributed by atoms with E-state index in [0.29, 0.717) is 0 Å². The van der Waals surface area contributed by atoms with E-state index < -0.39 is 0 Å². The Kier molecular flexibility index (Phi) is 22.3. The monoisotopic (exact) mass is 253 g/mol. The highest BCUT2D eigenvalue weighted by Crippen LogP contribution is 2.04. The fourth-order valence-corrected chi connectivity index (χ4v) is 1.06. The fraction of sp³-hybridized carbons (Fsp3) is 0.562. The standard InChI is InChI=1S/C10H13NO.3C2H6/c1-8(12)10-5-3-9(4-6-10)7-11-2;3*1-2/h3-6,11H,7H2,1-2H3;3*1-2H3. The molecule has 0 atom stereocenters. The molecule has 0 fully saturated rings. The zero-order valence-corrected chi connectivity index (χ0v) is 13.4. The molecule has 0 aliphatic carbocycles. The first-order valence-corrected chi connectivity index (χ1v) is 6.98. The van der Waals surface area contributed by atoms with Gasteiger partial charge in [0, 0.05) is 12.1 Å². The molecule has 0 aliphatic rings. The van der Waals surface area contributed by atoms with Crippen LogP contribution < -0.4 is 5.32 Å². The lowest BCUT2D eigenvalue weighted by atomic mass is 10.1. The summed E-state index contributed by atoms with van der Waals surface area (Å²) in [7, 11) is 1.90. The van der Waals surface area contributed by atoms with Gasteiger partial charge in [-0.3, -0.25) is 4.79 Å². The average Bonchev–Trinajstić information content (AvgIpc) is 2.46. The van der Waals surface area contributed by atoms with Crippen molar-refractivity contribution in [3.05, 3.63) is 35.4 Å². The lowest BCUT2D eigenvalue weighted by Crippen LogP contribution is -2.05. The van der Waals surface area contributed by atoms with Crippen LogP contribution in [0.3, 0.4) is 0 Å². The van der Waals surface area contributed by atoms with Gasteiger partial charge in [0.05, 0.1) is 0 Å². The molecule has 0 unspecified atom stereocenters. The summed E-state index contributed by atoms with van der Waals surface area (Å²) in [6.45, 7) is 14.4. The van der Waals surface area contributed by atoms with Gasteiger partial charge in [-0.1, -0.05) is 65.8 Å². The second kappa shape index (κ2) is 18.2. The number of ketones is 1. The number of Topliss-reactive ketones (excluding diaryl/α,β-unsaturated/α-hetero) is 1. The van der Waals surface area contributed by atoms with E-state index in [0.717, 1.165) is 12.1 Å². The Balaban J connectivity index is -0.000000328. The highest BCUT2D eigenvalue weighted by molar-refractivity contribution is 5.93. The lowest BCUT2D eigenvalue weighted by Gasteiger charge is -2.00. The fourth-order valence-electron chi connectivity index (χ4n) is 1.06. The zero-order chi connectivity index (χ0) is 15.0. The van der Waals surface area contributed by atoms with E-state index in [2.05, 4.69) is 5.32 Å². The first-order chi connectivity index (χ1) is 8.74. The summed E-state index contributed by atoms with van der Waals surface area (Å²) < 4.78 is 0. The predicted octanol–water partition coefficient (Wildman–Crippen LogP) is 4.69. The lowest BCUT2D eigenvalue weighted by molar-refractivity contribution is 0.101. The van der Waals surface area contributed by atoms with Crippen molar-refractivity contribution in [2.75, 3.05) is 7.05 Å². The molecular weight excluding hydrogens is 222 g/mol. The number of nitrogens with one attached hydrogen (secondary N) is 1. The van der Waals surface area contributed by atoms with Crippen LogP contribution in [0, 0.1) is 0 Å². The third-order valence-electron chi connectivity index (χ3n) is 1.74. The van der Waals surface area contributed by atoms with E-state index >= 15 is 0 Å². The maximum atomic E-state index is 10.9. The summed E-state index contributed by atoms with van der Waals surface area (Å²) in [4.78, 5) is 10.9. The smallest absolute Gasteiger partial charge is 0.159 e. The molecule has 1 aromatic rings. The van der Waals surface area contributed by atoms with Gasteiger partial charge in [0.25, 0.3) is 0 Å². The summed E-state index contributed by atoms with van der Waals surface area (Å²) in [5.74, 6) is 0.117.